The molecular weight excluding hydrogens is 356 g/mol. The lowest BCUT2D eigenvalue weighted by Gasteiger charge is -2.31. The van der Waals surface area contributed by atoms with Crippen molar-refractivity contribution in [3.63, 3.8) is 0 Å². The number of amides is 2. The Morgan fingerprint density at radius 2 is 2.00 bits per heavy atom. The minimum Gasteiger partial charge on any atom is -0.468 e. The van der Waals surface area contributed by atoms with Gasteiger partial charge < -0.3 is 19.4 Å². The van der Waals surface area contributed by atoms with Gasteiger partial charge in [0.05, 0.1) is 13.4 Å². The zero-order valence-electron chi connectivity index (χ0n) is 14.1. The first-order chi connectivity index (χ1) is 12.6. The molecule has 26 heavy (non-hydrogen) atoms. The number of rotatable bonds is 4. The number of anilines is 1. The van der Waals surface area contributed by atoms with Crippen molar-refractivity contribution in [1.29, 1.82) is 0 Å². The number of nitrogens with one attached hydrogen (secondary N) is 1. The molecule has 1 aromatic heterocycles. The van der Waals surface area contributed by atoms with E-state index in [2.05, 4.69) is 5.32 Å². The summed E-state index contributed by atoms with van der Waals surface area (Å²) in [5, 5.41) is 2.34. The zero-order chi connectivity index (χ0) is 18.5. The van der Waals surface area contributed by atoms with Gasteiger partial charge in [0.1, 0.15) is 5.25 Å². The van der Waals surface area contributed by atoms with Gasteiger partial charge in [-0.1, -0.05) is 0 Å². The molecule has 0 saturated carbocycles. The highest BCUT2D eigenvalue weighted by Gasteiger charge is 2.30. The molecule has 136 valence electrons. The van der Waals surface area contributed by atoms with E-state index in [4.69, 9.17) is 9.15 Å². The summed E-state index contributed by atoms with van der Waals surface area (Å²) in [7, 11) is 1.35. The highest BCUT2D eigenvalue weighted by molar-refractivity contribution is 8.00. The normalized spacial score (nSPS) is 16.8. The van der Waals surface area contributed by atoms with Gasteiger partial charge in [0, 0.05) is 30.1 Å². The molecule has 0 spiro atoms. The van der Waals surface area contributed by atoms with Crippen LogP contribution in [-0.2, 0) is 9.53 Å². The summed E-state index contributed by atoms with van der Waals surface area (Å²) in [6, 6.07) is 9.81. The number of esters is 1. The van der Waals surface area contributed by atoms with Crippen LogP contribution < -0.4 is 5.32 Å². The van der Waals surface area contributed by atoms with Crippen molar-refractivity contribution in [1.82, 2.24) is 4.90 Å². The van der Waals surface area contributed by atoms with Crippen LogP contribution in [0.25, 0.3) is 0 Å². The third kappa shape index (κ3) is 4.08. The van der Waals surface area contributed by atoms with Crippen LogP contribution in [0.4, 0.5) is 5.69 Å². The van der Waals surface area contributed by atoms with E-state index in [9.17, 15) is 14.4 Å². The van der Waals surface area contributed by atoms with E-state index in [-0.39, 0.29) is 28.8 Å². The Labute approximate surface area is 154 Å². The van der Waals surface area contributed by atoms with Crippen molar-refractivity contribution in [3.05, 3.63) is 54.0 Å². The Balaban J connectivity index is 1.63. The number of furan rings is 1. The largest absolute Gasteiger partial charge is 0.468 e. The molecule has 1 aliphatic heterocycles. The minimum atomic E-state index is -0.358. The molecule has 1 aliphatic rings. The number of hydrogen-bond acceptors (Lipinski definition) is 6. The van der Waals surface area contributed by atoms with Gasteiger partial charge in [0.25, 0.3) is 11.8 Å². The van der Waals surface area contributed by atoms with E-state index in [1.54, 1.807) is 41.3 Å². The van der Waals surface area contributed by atoms with Gasteiger partial charge >= 0.3 is 5.97 Å². The third-order valence-electron chi connectivity index (χ3n) is 3.95. The van der Waals surface area contributed by atoms with E-state index >= 15 is 0 Å². The van der Waals surface area contributed by atoms with Crippen molar-refractivity contribution in [2.24, 2.45) is 0 Å². The highest BCUT2D eigenvalue weighted by atomic mass is 32.2. The second-order valence-corrected chi connectivity index (χ2v) is 6.95. The summed E-state index contributed by atoms with van der Waals surface area (Å²) in [4.78, 5) is 37.9. The molecule has 7 nitrogen and oxygen atoms in total. The number of ether oxygens (including phenoxy) is 1. The molecule has 0 unspecified atom stereocenters. The van der Waals surface area contributed by atoms with Gasteiger partial charge in [-0.25, -0.2) is 0 Å². The van der Waals surface area contributed by atoms with Crippen LogP contribution in [-0.4, -0.2) is 53.9 Å². The molecule has 0 bridgehead atoms. The van der Waals surface area contributed by atoms with Crippen LogP contribution >= 0.6 is 11.8 Å². The average molecular weight is 374 g/mol. The minimum absolute atomic E-state index is 0.150. The lowest BCUT2D eigenvalue weighted by Crippen LogP contribution is -2.44. The van der Waals surface area contributed by atoms with Crippen molar-refractivity contribution >= 4 is 35.2 Å². The molecule has 1 N–H and O–H groups in total. The summed E-state index contributed by atoms with van der Waals surface area (Å²) in [6.45, 7) is 0.904. The molecule has 1 fully saturated rings. The van der Waals surface area contributed by atoms with Crippen molar-refractivity contribution in [2.45, 2.75) is 5.25 Å². The Kier molecular flexibility index (Phi) is 5.62. The standard InChI is InChI=1S/C18H18N2O5S/c1-24-18(23)15-11-20(8-10-26-15)17(22)12-4-6-13(7-5-12)19-16(21)14-3-2-9-25-14/h2-7,9,15H,8,10-11H2,1H3,(H,19,21)/t15-/m1/s1. The van der Waals surface area contributed by atoms with Crippen molar-refractivity contribution in [2.75, 3.05) is 31.3 Å². The number of methoxy groups -OCH3 is 1. The average Bonchev–Trinajstić information content (AvgIpc) is 3.22. The van der Waals surface area contributed by atoms with E-state index in [1.807, 2.05) is 0 Å². The maximum Gasteiger partial charge on any atom is 0.320 e. The van der Waals surface area contributed by atoms with E-state index in [0.29, 0.717) is 30.1 Å². The molecule has 3 rings (SSSR count). The van der Waals surface area contributed by atoms with E-state index in [0.717, 1.165) is 0 Å². The number of carbonyl (C=O) groups is 3. The molecule has 2 aromatic rings. The van der Waals surface area contributed by atoms with Crippen LogP contribution in [0, 0.1) is 0 Å². The monoisotopic (exact) mass is 374 g/mol. The first-order valence-corrected chi connectivity index (χ1v) is 9.07. The topological polar surface area (TPSA) is 88.9 Å². The van der Waals surface area contributed by atoms with Gasteiger partial charge in [0.2, 0.25) is 0 Å². The Morgan fingerprint density at radius 1 is 1.23 bits per heavy atom. The quantitative estimate of drug-likeness (QED) is 0.826. The fraction of sp³-hybridized carbons (Fsp3) is 0.278. The van der Waals surface area contributed by atoms with E-state index in [1.165, 1.54) is 25.1 Å². The summed E-state index contributed by atoms with van der Waals surface area (Å²) in [5.41, 5.74) is 1.06. The van der Waals surface area contributed by atoms with Crippen LogP contribution in [0.3, 0.4) is 0 Å². The molecule has 8 heteroatoms. The maximum atomic E-state index is 12.6. The summed E-state index contributed by atoms with van der Waals surface area (Å²) in [5.74, 6) is 0.0717. The first kappa shape index (κ1) is 18.1. The van der Waals surface area contributed by atoms with Crippen LogP contribution in [0.2, 0.25) is 0 Å². The molecule has 0 radical (unpaired) electrons. The molecule has 2 amide bonds. The number of nitrogens with zero attached hydrogens (tertiary/aromatic N) is 1. The third-order valence-corrected chi connectivity index (χ3v) is 5.11. The highest BCUT2D eigenvalue weighted by Crippen LogP contribution is 2.22. The number of thioether (sulfide) groups is 1. The van der Waals surface area contributed by atoms with Crippen molar-refractivity contribution in [3.8, 4) is 0 Å². The summed E-state index contributed by atoms with van der Waals surface area (Å²) >= 11 is 1.50. The first-order valence-electron chi connectivity index (χ1n) is 8.02. The second-order valence-electron chi connectivity index (χ2n) is 5.64. The van der Waals surface area contributed by atoms with Crippen molar-refractivity contribution < 1.29 is 23.5 Å². The Bertz CT molecular complexity index is 788. The Morgan fingerprint density at radius 3 is 2.65 bits per heavy atom. The second kappa shape index (κ2) is 8.09. The molecule has 2 heterocycles. The zero-order valence-corrected chi connectivity index (χ0v) is 15.0. The molecular formula is C18H18N2O5S. The predicted octanol–water partition coefficient (Wildman–Crippen LogP) is 2.26. The SMILES string of the molecule is COC(=O)[C@H]1CN(C(=O)c2ccc(NC(=O)c3ccco3)cc2)CCS1. The fourth-order valence-electron chi connectivity index (χ4n) is 2.59. The Hall–Kier alpha value is -2.74. The van der Waals surface area contributed by atoms with Gasteiger partial charge in [-0.2, -0.15) is 0 Å². The maximum absolute atomic E-state index is 12.6. The molecule has 1 aromatic carbocycles. The fourth-order valence-corrected chi connectivity index (χ4v) is 3.71. The molecule has 0 aliphatic carbocycles. The lowest BCUT2D eigenvalue weighted by atomic mass is 10.1. The smallest absolute Gasteiger partial charge is 0.320 e. The summed E-state index contributed by atoms with van der Waals surface area (Å²) in [6.07, 6.45) is 1.43. The molecule has 1 atom stereocenters. The van der Waals surface area contributed by atoms with Gasteiger partial charge in [-0.3, -0.25) is 14.4 Å². The van der Waals surface area contributed by atoms with E-state index < -0.39 is 0 Å². The van der Waals surface area contributed by atoms with Gasteiger partial charge in [0.15, 0.2) is 5.76 Å². The predicted molar refractivity (Wildman–Crippen MR) is 97.3 cm³/mol. The number of benzene rings is 1. The lowest BCUT2D eigenvalue weighted by molar-refractivity contribution is -0.140. The summed E-state index contributed by atoms with van der Waals surface area (Å²) < 4.78 is 9.80. The van der Waals surface area contributed by atoms with Crippen LogP contribution in [0.1, 0.15) is 20.9 Å². The number of hydrogen-bond donors (Lipinski definition) is 1. The van der Waals surface area contributed by atoms with Gasteiger partial charge in [-0.15, -0.1) is 11.8 Å². The van der Waals surface area contributed by atoms with Gasteiger partial charge in [-0.05, 0) is 36.4 Å². The number of carbonyl (C=O) groups excluding carboxylic acids is 3. The molecule has 1 saturated heterocycles. The van der Waals surface area contributed by atoms with Crippen LogP contribution in [0.5, 0.6) is 0 Å². The van der Waals surface area contributed by atoms with Crippen LogP contribution in [0.15, 0.2) is 47.1 Å².